The second-order valence-corrected chi connectivity index (χ2v) is 4.10. The first-order valence-corrected chi connectivity index (χ1v) is 5.89. The van der Waals surface area contributed by atoms with Gasteiger partial charge in [0.25, 0.3) is 0 Å². The monoisotopic (exact) mass is 257 g/mol. The van der Waals surface area contributed by atoms with Crippen LogP contribution in [0.3, 0.4) is 0 Å². The lowest BCUT2D eigenvalue weighted by atomic mass is 10.1. The van der Waals surface area contributed by atoms with Gasteiger partial charge in [0.2, 0.25) is 11.9 Å². The largest absolute Gasteiger partial charge is 0.496 e. The number of carbonyl (C=O) groups excluding carboxylic acids is 1. The van der Waals surface area contributed by atoms with Gasteiger partial charge in [0.05, 0.1) is 13.5 Å². The van der Waals surface area contributed by atoms with Crippen LogP contribution in [0, 0.1) is 6.92 Å². The smallest absolute Gasteiger partial charge is 0.231 e. The third-order valence-electron chi connectivity index (χ3n) is 2.64. The Kier molecular flexibility index (Phi) is 4.07. The van der Waals surface area contributed by atoms with Gasteiger partial charge in [-0.1, -0.05) is 12.1 Å². The number of nitrogens with zero attached hydrogens (tertiary/aromatic N) is 2. The van der Waals surface area contributed by atoms with Crippen molar-refractivity contribution in [1.82, 2.24) is 9.97 Å². The van der Waals surface area contributed by atoms with Crippen molar-refractivity contribution in [1.29, 1.82) is 0 Å². The Morgan fingerprint density at radius 3 is 2.68 bits per heavy atom. The summed E-state index contributed by atoms with van der Waals surface area (Å²) < 4.78 is 5.18. The maximum absolute atomic E-state index is 11.8. The quantitative estimate of drug-likeness (QED) is 0.909. The normalized spacial score (nSPS) is 10.0. The number of nitrogens with one attached hydrogen (secondary N) is 1. The number of hydrogen-bond acceptors (Lipinski definition) is 4. The number of carbonyl (C=O) groups is 1. The van der Waals surface area contributed by atoms with Gasteiger partial charge in [-0.05, 0) is 30.2 Å². The summed E-state index contributed by atoms with van der Waals surface area (Å²) in [4.78, 5) is 19.7. The predicted molar refractivity (Wildman–Crippen MR) is 72.1 cm³/mol. The van der Waals surface area contributed by atoms with Gasteiger partial charge in [-0.3, -0.25) is 10.1 Å². The summed E-state index contributed by atoms with van der Waals surface area (Å²) in [6.07, 6.45) is 3.45. The Bertz CT molecular complexity index is 570. The van der Waals surface area contributed by atoms with E-state index in [9.17, 15) is 4.79 Å². The van der Waals surface area contributed by atoms with Gasteiger partial charge in [-0.15, -0.1) is 0 Å². The van der Waals surface area contributed by atoms with Crippen molar-refractivity contribution in [2.45, 2.75) is 13.3 Å². The molecule has 5 nitrogen and oxygen atoms in total. The van der Waals surface area contributed by atoms with Gasteiger partial charge in [0, 0.05) is 12.4 Å². The highest BCUT2D eigenvalue weighted by Crippen LogP contribution is 2.18. The molecule has 1 amide bonds. The standard InChI is InChI=1S/C14H15N3O2/c1-10-8-11(4-5-12(10)19-2)9-13(18)17-14-15-6-3-7-16-14/h3-8H,9H2,1-2H3,(H,15,16,17,18). The van der Waals surface area contributed by atoms with Crippen LogP contribution in [0.25, 0.3) is 0 Å². The maximum Gasteiger partial charge on any atom is 0.231 e. The van der Waals surface area contributed by atoms with E-state index in [-0.39, 0.29) is 12.3 Å². The van der Waals surface area contributed by atoms with E-state index in [1.807, 2.05) is 25.1 Å². The van der Waals surface area contributed by atoms with E-state index >= 15 is 0 Å². The number of ether oxygens (including phenoxy) is 1. The fourth-order valence-corrected chi connectivity index (χ4v) is 1.77. The topological polar surface area (TPSA) is 64.1 Å². The maximum atomic E-state index is 11.8. The average Bonchev–Trinajstić information content (AvgIpc) is 2.40. The summed E-state index contributed by atoms with van der Waals surface area (Å²) >= 11 is 0. The summed E-state index contributed by atoms with van der Waals surface area (Å²) in [6.45, 7) is 1.94. The molecule has 1 aromatic carbocycles. The van der Waals surface area contributed by atoms with Crippen LogP contribution >= 0.6 is 0 Å². The molecule has 98 valence electrons. The van der Waals surface area contributed by atoms with Gasteiger partial charge in [0.15, 0.2) is 0 Å². The van der Waals surface area contributed by atoms with Crippen molar-refractivity contribution in [2.24, 2.45) is 0 Å². The molecule has 19 heavy (non-hydrogen) atoms. The van der Waals surface area contributed by atoms with Crippen LogP contribution < -0.4 is 10.1 Å². The summed E-state index contributed by atoms with van der Waals surface area (Å²) in [6, 6.07) is 7.36. The van der Waals surface area contributed by atoms with Crippen molar-refractivity contribution in [3.63, 3.8) is 0 Å². The lowest BCUT2D eigenvalue weighted by Gasteiger charge is -2.07. The van der Waals surface area contributed by atoms with E-state index in [4.69, 9.17) is 4.74 Å². The van der Waals surface area contributed by atoms with Crippen LogP contribution in [0.2, 0.25) is 0 Å². The molecule has 0 unspecified atom stereocenters. The second-order valence-electron chi connectivity index (χ2n) is 4.10. The molecule has 0 radical (unpaired) electrons. The molecule has 1 N–H and O–H groups in total. The van der Waals surface area contributed by atoms with Gasteiger partial charge in [-0.25, -0.2) is 9.97 Å². The SMILES string of the molecule is COc1ccc(CC(=O)Nc2ncccn2)cc1C. The highest BCUT2D eigenvalue weighted by Gasteiger charge is 2.07. The van der Waals surface area contributed by atoms with Gasteiger partial charge < -0.3 is 4.74 Å². The van der Waals surface area contributed by atoms with Crippen molar-refractivity contribution in [2.75, 3.05) is 12.4 Å². The van der Waals surface area contributed by atoms with Gasteiger partial charge in [0.1, 0.15) is 5.75 Å². The minimum absolute atomic E-state index is 0.143. The van der Waals surface area contributed by atoms with E-state index in [0.717, 1.165) is 16.9 Å². The fourth-order valence-electron chi connectivity index (χ4n) is 1.77. The van der Waals surface area contributed by atoms with Gasteiger partial charge in [-0.2, -0.15) is 0 Å². The molecule has 5 heteroatoms. The number of hydrogen-bond donors (Lipinski definition) is 1. The Hall–Kier alpha value is -2.43. The molecule has 0 aliphatic carbocycles. The van der Waals surface area contributed by atoms with Crippen LogP contribution in [-0.2, 0) is 11.2 Å². The summed E-state index contributed by atoms with van der Waals surface area (Å²) in [5, 5.41) is 2.65. The third kappa shape index (κ3) is 3.51. The molecule has 0 atom stereocenters. The number of amides is 1. The van der Waals surface area contributed by atoms with Crippen molar-refractivity contribution < 1.29 is 9.53 Å². The Balaban J connectivity index is 2.01. The van der Waals surface area contributed by atoms with Crippen LogP contribution in [0.15, 0.2) is 36.7 Å². The number of aromatic nitrogens is 2. The van der Waals surface area contributed by atoms with E-state index in [0.29, 0.717) is 5.95 Å². The number of rotatable bonds is 4. The molecule has 0 saturated heterocycles. The van der Waals surface area contributed by atoms with E-state index in [1.165, 1.54) is 0 Å². The molecule has 0 spiro atoms. The minimum atomic E-state index is -0.143. The molecule has 0 aliphatic rings. The molecular formula is C14H15N3O2. The Morgan fingerprint density at radius 1 is 1.32 bits per heavy atom. The van der Waals surface area contributed by atoms with E-state index in [1.54, 1.807) is 25.6 Å². The molecule has 0 aliphatic heterocycles. The predicted octanol–water partition coefficient (Wildman–Crippen LogP) is 1.97. The Labute approximate surface area is 111 Å². The highest BCUT2D eigenvalue weighted by atomic mass is 16.5. The number of benzene rings is 1. The molecule has 2 aromatic rings. The molecular weight excluding hydrogens is 242 g/mol. The first-order chi connectivity index (χ1) is 9.19. The number of aryl methyl sites for hydroxylation is 1. The zero-order valence-corrected chi connectivity index (χ0v) is 10.9. The highest BCUT2D eigenvalue weighted by molar-refractivity contribution is 5.90. The number of anilines is 1. The third-order valence-corrected chi connectivity index (χ3v) is 2.64. The number of methoxy groups -OCH3 is 1. The van der Waals surface area contributed by atoms with Crippen molar-refractivity contribution >= 4 is 11.9 Å². The van der Waals surface area contributed by atoms with Gasteiger partial charge >= 0.3 is 0 Å². The van der Waals surface area contributed by atoms with E-state index < -0.39 is 0 Å². The Morgan fingerprint density at radius 2 is 2.05 bits per heavy atom. The summed E-state index contributed by atoms with van der Waals surface area (Å²) in [5.74, 6) is 0.990. The van der Waals surface area contributed by atoms with Crippen molar-refractivity contribution in [3.8, 4) is 5.75 Å². The average molecular weight is 257 g/mol. The van der Waals surface area contributed by atoms with Crippen LogP contribution in [0.1, 0.15) is 11.1 Å². The summed E-state index contributed by atoms with van der Waals surface area (Å²) in [5.41, 5.74) is 1.93. The first kappa shape index (κ1) is 13.0. The molecule has 0 saturated carbocycles. The second kappa shape index (κ2) is 5.95. The molecule has 1 heterocycles. The zero-order valence-electron chi connectivity index (χ0n) is 10.9. The fraction of sp³-hybridized carbons (Fsp3) is 0.214. The minimum Gasteiger partial charge on any atom is -0.496 e. The molecule has 1 aromatic heterocycles. The van der Waals surface area contributed by atoms with Crippen LogP contribution in [0.4, 0.5) is 5.95 Å². The molecule has 0 fully saturated rings. The zero-order chi connectivity index (χ0) is 13.7. The van der Waals surface area contributed by atoms with Crippen molar-refractivity contribution in [3.05, 3.63) is 47.8 Å². The van der Waals surface area contributed by atoms with Crippen LogP contribution in [-0.4, -0.2) is 23.0 Å². The summed E-state index contributed by atoms with van der Waals surface area (Å²) in [7, 11) is 1.63. The van der Waals surface area contributed by atoms with Crippen LogP contribution in [0.5, 0.6) is 5.75 Å². The lowest BCUT2D eigenvalue weighted by Crippen LogP contribution is -2.16. The first-order valence-electron chi connectivity index (χ1n) is 5.89. The molecule has 0 bridgehead atoms. The molecule has 2 rings (SSSR count). The van der Waals surface area contributed by atoms with E-state index in [2.05, 4.69) is 15.3 Å². The lowest BCUT2D eigenvalue weighted by molar-refractivity contribution is -0.115.